The van der Waals surface area contributed by atoms with Crippen molar-refractivity contribution in [2.24, 2.45) is 0 Å². The molecule has 0 bridgehead atoms. The van der Waals surface area contributed by atoms with E-state index in [0.717, 1.165) is 25.6 Å². The molecule has 2 N–H and O–H groups in total. The molecule has 4 heteroatoms. The predicted molar refractivity (Wildman–Crippen MR) is 79.4 cm³/mol. The third kappa shape index (κ3) is 4.15. The topological polar surface area (TPSA) is 38.7 Å². The second kappa shape index (κ2) is 7.02. The molecule has 4 nitrogen and oxygen atoms in total. The van der Waals surface area contributed by atoms with Gasteiger partial charge in [-0.05, 0) is 58.8 Å². The number of likely N-dealkylation sites (tertiary alicyclic amines) is 2. The van der Waals surface area contributed by atoms with Gasteiger partial charge in [0.25, 0.3) is 0 Å². The molecule has 19 heavy (non-hydrogen) atoms. The lowest BCUT2D eigenvalue weighted by Gasteiger charge is -2.31. The van der Waals surface area contributed by atoms with Crippen LogP contribution in [-0.4, -0.2) is 72.4 Å². The van der Waals surface area contributed by atoms with Crippen LogP contribution in [0.25, 0.3) is 0 Å². The average Bonchev–Trinajstić information content (AvgIpc) is 3.07. The van der Waals surface area contributed by atoms with Gasteiger partial charge in [0.2, 0.25) is 0 Å². The highest BCUT2D eigenvalue weighted by molar-refractivity contribution is 4.88. The molecule has 0 aromatic heterocycles. The summed E-state index contributed by atoms with van der Waals surface area (Å²) in [6.45, 7) is 11.6. The third-order valence-corrected chi connectivity index (χ3v) is 4.84. The Bertz CT molecular complexity index is 268. The summed E-state index contributed by atoms with van der Waals surface area (Å²) >= 11 is 0. The molecule has 2 rings (SSSR count). The second-order valence-electron chi connectivity index (χ2n) is 6.49. The zero-order valence-corrected chi connectivity index (χ0v) is 12.7. The van der Waals surface area contributed by atoms with E-state index >= 15 is 0 Å². The van der Waals surface area contributed by atoms with Gasteiger partial charge in [-0.1, -0.05) is 6.92 Å². The molecule has 2 unspecified atom stereocenters. The zero-order valence-electron chi connectivity index (χ0n) is 12.7. The van der Waals surface area contributed by atoms with Crippen molar-refractivity contribution in [2.75, 3.05) is 45.9 Å². The Balaban J connectivity index is 1.72. The minimum atomic E-state index is -0.111. The van der Waals surface area contributed by atoms with Crippen LogP contribution in [0.1, 0.15) is 39.5 Å². The van der Waals surface area contributed by atoms with E-state index in [1.807, 2.05) is 0 Å². The number of hydrogen-bond acceptors (Lipinski definition) is 4. The van der Waals surface area contributed by atoms with Crippen LogP contribution in [0.2, 0.25) is 0 Å². The standard InChI is InChI=1S/C15H31N3O/c1-3-16-15(2,13-19)7-11-17-10-6-14(12-17)18-8-4-5-9-18/h14,16,19H,3-13H2,1-2H3. The SMILES string of the molecule is CCNC(C)(CO)CCN1CCC(N2CCCC2)C1. The largest absolute Gasteiger partial charge is 0.394 e. The van der Waals surface area contributed by atoms with Crippen molar-refractivity contribution in [1.82, 2.24) is 15.1 Å². The number of likely N-dealkylation sites (N-methyl/N-ethyl adjacent to an activating group) is 1. The summed E-state index contributed by atoms with van der Waals surface area (Å²) in [5, 5.41) is 12.9. The number of rotatable bonds is 7. The number of aliphatic hydroxyl groups excluding tert-OH is 1. The van der Waals surface area contributed by atoms with Crippen molar-refractivity contribution in [2.45, 2.75) is 51.1 Å². The highest BCUT2D eigenvalue weighted by Crippen LogP contribution is 2.21. The fourth-order valence-corrected chi connectivity index (χ4v) is 3.48. The van der Waals surface area contributed by atoms with Gasteiger partial charge in [-0.2, -0.15) is 0 Å². The van der Waals surface area contributed by atoms with Gasteiger partial charge >= 0.3 is 0 Å². The first kappa shape index (κ1) is 15.2. The van der Waals surface area contributed by atoms with E-state index in [2.05, 4.69) is 29.0 Å². The maximum atomic E-state index is 9.53. The van der Waals surface area contributed by atoms with E-state index in [-0.39, 0.29) is 12.1 Å². The minimum absolute atomic E-state index is 0.111. The molecule has 0 aromatic rings. The number of nitrogens with zero attached hydrogens (tertiary/aromatic N) is 2. The molecule has 0 aliphatic carbocycles. The van der Waals surface area contributed by atoms with Crippen LogP contribution in [0.15, 0.2) is 0 Å². The normalized spacial score (nSPS) is 28.9. The molecule has 2 aliphatic rings. The summed E-state index contributed by atoms with van der Waals surface area (Å²) in [7, 11) is 0. The van der Waals surface area contributed by atoms with E-state index in [4.69, 9.17) is 0 Å². The van der Waals surface area contributed by atoms with E-state index in [1.165, 1.54) is 45.4 Å². The molecule has 0 spiro atoms. The van der Waals surface area contributed by atoms with Gasteiger partial charge in [-0.15, -0.1) is 0 Å². The lowest BCUT2D eigenvalue weighted by atomic mass is 9.99. The summed E-state index contributed by atoms with van der Waals surface area (Å²) in [5.74, 6) is 0. The fourth-order valence-electron chi connectivity index (χ4n) is 3.48. The Morgan fingerprint density at radius 3 is 2.63 bits per heavy atom. The number of nitrogens with one attached hydrogen (secondary N) is 1. The molecular weight excluding hydrogens is 238 g/mol. The highest BCUT2D eigenvalue weighted by Gasteiger charge is 2.30. The first-order valence-electron chi connectivity index (χ1n) is 7.99. The molecule has 0 radical (unpaired) electrons. The molecule has 112 valence electrons. The van der Waals surface area contributed by atoms with Crippen molar-refractivity contribution >= 4 is 0 Å². The van der Waals surface area contributed by atoms with Gasteiger partial charge in [0.05, 0.1) is 6.61 Å². The molecule has 0 saturated carbocycles. The zero-order chi connectivity index (χ0) is 13.7. The first-order chi connectivity index (χ1) is 9.17. The molecule has 2 aliphatic heterocycles. The maximum absolute atomic E-state index is 9.53. The molecule has 2 fully saturated rings. The smallest absolute Gasteiger partial charge is 0.0611 e. The average molecular weight is 269 g/mol. The Labute approximate surface area is 118 Å². The van der Waals surface area contributed by atoms with Gasteiger partial charge in [0.1, 0.15) is 0 Å². The molecule has 0 aromatic carbocycles. The highest BCUT2D eigenvalue weighted by atomic mass is 16.3. The molecule has 0 amide bonds. The minimum Gasteiger partial charge on any atom is -0.394 e. The summed E-state index contributed by atoms with van der Waals surface area (Å²) in [5.41, 5.74) is -0.111. The van der Waals surface area contributed by atoms with Crippen LogP contribution < -0.4 is 5.32 Å². The summed E-state index contributed by atoms with van der Waals surface area (Å²) in [6.07, 6.45) is 5.14. The molecule has 2 saturated heterocycles. The van der Waals surface area contributed by atoms with E-state index < -0.39 is 0 Å². The lowest BCUT2D eigenvalue weighted by Crippen LogP contribution is -2.48. The van der Waals surface area contributed by atoms with Crippen molar-refractivity contribution in [3.8, 4) is 0 Å². The van der Waals surface area contributed by atoms with E-state index in [1.54, 1.807) is 0 Å². The Hall–Kier alpha value is -0.160. The monoisotopic (exact) mass is 269 g/mol. The first-order valence-corrected chi connectivity index (χ1v) is 7.99. The molecular formula is C15H31N3O. The van der Waals surface area contributed by atoms with Crippen LogP contribution in [-0.2, 0) is 0 Å². The lowest BCUT2D eigenvalue weighted by molar-refractivity contribution is 0.149. The maximum Gasteiger partial charge on any atom is 0.0611 e. The fraction of sp³-hybridized carbons (Fsp3) is 1.00. The van der Waals surface area contributed by atoms with Gasteiger partial charge in [0, 0.05) is 24.7 Å². The van der Waals surface area contributed by atoms with Crippen LogP contribution in [0.5, 0.6) is 0 Å². The Morgan fingerprint density at radius 1 is 1.26 bits per heavy atom. The Morgan fingerprint density at radius 2 is 2.00 bits per heavy atom. The number of hydrogen-bond donors (Lipinski definition) is 2. The van der Waals surface area contributed by atoms with Crippen molar-refractivity contribution in [3.05, 3.63) is 0 Å². The van der Waals surface area contributed by atoms with Crippen molar-refractivity contribution < 1.29 is 5.11 Å². The van der Waals surface area contributed by atoms with Gasteiger partial charge in [-0.25, -0.2) is 0 Å². The molecule has 2 heterocycles. The van der Waals surface area contributed by atoms with Gasteiger partial charge in [0.15, 0.2) is 0 Å². The van der Waals surface area contributed by atoms with Crippen molar-refractivity contribution in [3.63, 3.8) is 0 Å². The van der Waals surface area contributed by atoms with Crippen LogP contribution in [0, 0.1) is 0 Å². The second-order valence-corrected chi connectivity index (χ2v) is 6.49. The van der Waals surface area contributed by atoms with Crippen LogP contribution in [0.3, 0.4) is 0 Å². The predicted octanol–water partition coefficient (Wildman–Crippen LogP) is 0.907. The summed E-state index contributed by atoms with van der Waals surface area (Å²) in [6, 6.07) is 0.794. The molecule has 2 atom stereocenters. The van der Waals surface area contributed by atoms with Crippen LogP contribution in [0.4, 0.5) is 0 Å². The van der Waals surface area contributed by atoms with Gasteiger partial charge < -0.3 is 15.3 Å². The van der Waals surface area contributed by atoms with E-state index in [0.29, 0.717) is 0 Å². The van der Waals surface area contributed by atoms with Crippen LogP contribution >= 0.6 is 0 Å². The quantitative estimate of drug-likeness (QED) is 0.720. The van der Waals surface area contributed by atoms with Gasteiger partial charge in [-0.3, -0.25) is 4.90 Å². The van der Waals surface area contributed by atoms with Crippen molar-refractivity contribution in [1.29, 1.82) is 0 Å². The third-order valence-electron chi connectivity index (χ3n) is 4.84. The summed E-state index contributed by atoms with van der Waals surface area (Å²) < 4.78 is 0. The number of aliphatic hydroxyl groups is 1. The summed E-state index contributed by atoms with van der Waals surface area (Å²) in [4.78, 5) is 5.25. The Kier molecular flexibility index (Phi) is 5.63. The van der Waals surface area contributed by atoms with E-state index in [9.17, 15) is 5.11 Å².